The number of hydrogen-bond donors (Lipinski definition) is 2. The minimum atomic E-state index is 0.197. The number of halogens is 2. The molecule has 4 nitrogen and oxygen atoms in total. The van der Waals surface area contributed by atoms with E-state index in [4.69, 9.17) is 37.8 Å². The lowest BCUT2D eigenvalue weighted by Gasteiger charge is -2.13. The molecule has 2 N–H and O–H groups in total. The van der Waals surface area contributed by atoms with Crippen LogP contribution >= 0.6 is 23.2 Å². The van der Waals surface area contributed by atoms with Gasteiger partial charge in [-0.05, 0) is 12.1 Å². The van der Waals surface area contributed by atoms with Gasteiger partial charge in [-0.2, -0.15) is 0 Å². The fourth-order valence-corrected chi connectivity index (χ4v) is 1.80. The molecule has 6 heteroatoms. The zero-order chi connectivity index (χ0) is 14.1. The largest absolute Gasteiger partial charge is 0.490 e. The Labute approximate surface area is 123 Å². The number of rotatable bonds is 9. The normalized spacial score (nSPS) is 12.4. The lowest BCUT2D eigenvalue weighted by Crippen LogP contribution is -3.10. The Kier molecular flexibility index (Phi) is 8.18. The first-order valence-electron chi connectivity index (χ1n) is 6.21. The second-order valence-electron chi connectivity index (χ2n) is 4.22. The predicted octanol–water partition coefficient (Wildman–Crippen LogP) is 0.896. The molecular formula is C13H20Cl2NO3+. The average Bonchev–Trinajstić information content (AvgIpc) is 2.38. The Morgan fingerprint density at radius 2 is 1.95 bits per heavy atom. The van der Waals surface area contributed by atoms with Gasteiger partial charge in [0.15, 0.2) is 0 Å². The molecule has 1 unspecified atom stereocenters. The van der Waals surface area contributed by atoms with Crippen molar-refractivity contribution in [3.63, 3.8) is 0 Å². The summed E-state index contributed by atoms with van der Waals surface area (Å²) in [6, 6.07) is 5.10. The molecule has 0 heterocycles. The van der Waals surface area contributed by atoms with Crippen molar-refractivity contribution in [1.82, 2.24) is 0 Å². The van der Waals surface area contributed by atoms with Gasteiger partial charge >= 0.3 is 0 Å². The molecule has 19 heavy (non-hydrogen) atoms. The molecule has 0 fully saturated rings. The summed E-state index contributed by atoms with van der Waals surface area (Å²) in [7, 11) is 2.02. The molecule has 1 rings (SSSR count). The van der Waals surface area contributed by atoms with Gasteiger partial charge in [0.1, 0.15) is 25.4 Å². The summed E-state index contributed by atoms with van der Waals surface area (Å²) in [5.74, 6) is 0.570. The summed E-state index contributed by atoms with van der Waals surface area (Å²) in [6.07, 6.45) is 0. The minimum absolute atomic E-state index is 0.197. The Bertz CT molecular complexity index is 377. The van der Waals surface area contributed by atoms with Gasteiger partial charge < -0.3 is 19.5 Å². The van der Waals surface area contributed by atoms with Crippen molar-refractivity contribution in [2.24, 2.45) is 0 Å². The quantitative estimate of drug-likeness (QED) is 0.666. The van der Waals surface area contributed by atoms with Crippen molar-refractivity contribution in [3.05, 3.63) is 28.2 Å². The SMILES string of the molecule is C[NH+](CCO)CCOCCOc1cc(Cl)ccc1Cl. The summed E-state index contributed by atoms with van der Waals surface area (Å²) >= 11 is 11.8. The zero-order valence-corrected chi connectivity index (χ0v) is 12.5. The standard InChI is InChI=1S/C13H19Cl2NO3/c1-16(4-6-17)5-7-18-8-9-19-13-10-11(14)2-3-12(13)15/h2-3,10,17H,4-9H2,1H3/p+1. The Balaban J connectivity index is 2.12. The van der Waals surface area contributed by atoms with Crippen LogP contribution in [0.15, 0.2) is 18.2 Å². The highest BCUT2D eigenvalue weighted by atomic mass is 35.5. The third kappa shape index (κ3) is 6.99. The monoisotopic (exact) mass is 308 g/mol. The molecule has 0 saturated heterocycles. The number of aliphatic hydroxyl groups excluding tert-OH is 1. The first-order valence-corrected chi connectivity index (χ1v) is 6.97. The molecule has 0 bridgehead atoms. The molecule has 0 spiro atoms. The molecule has 0 amide bonds. The highest BCUT2D eigenvalue weighted by Crippen LogP contribution is 2.27. The highest BCUT2D eigenvalue weighted by Gasteiger charge is 2.03. The van der Waals surface area contributed by atoms with Crippen LogP contribution in [0.5, 0.6) is 5.75 Å². The fourth-order valence-electron chi connectivity index (χ4n) is 1.46. The number of quaternary nitrogens is 1. The van der Waals surface area contributed by atoms with E-state index in [9.17, 15) is 0 Å². The van der Waals surface area contributed by atoms with Gasteiger partial charge in [-0.25, -0.2) is 0 Å². The molecule has 0 aliphatic rings. The number of nitrogens with one attached hydrogen (secondary N) is 1. The topological polar surface area (TPSA) is 43.1 Å². The van der Waals surface area contributed by atoms with Gasteiger partial charge in [-0.1, -0.05) is 23.2 Å². The molecule has 1 atom stereocenters. The number of hydrogen-bond acceptors (Lipinski definition) is 3. The van der Waals surface area contributed by atoms with Crippen LogP contribution in [0, 0.1) is 0 Å². The van der Waals surface area contributed by atoms with E-state index in [1.807, 2.05) is 7.05 Å². The fraction of sp³-hybridized carbons (Fsp3) is 0.538. The van der Waals surface area contributed by atoms with Crippen LogP contribution in [0.3, 0.4) is 0 Å². The maximum Gasteiger partial charge on any atom is 0.139 e. The van der Waals surface area contributed by atoms with E-state index in [2.05, 4.69) is 0 Å². The Morgan fingerprint density at radius 3 is 2.68 bits per heavy atom. The molecule has 0 aliphatic carbocycles. The maximum absolute atomic E-state index is 8.75. The van der Waals surface area contributed by atoms with Gasteiger partial charge in [-0.15, -0.1) is 0 Å². The number of aliphatic hydroxyl groups is 1. The van der Waals surface area contributed by atoms with Crippen LogP contribution in [0.25, 0.3) is 0 Å². The maximum atomic E-state index is 8.75. The molecule has 0 saturated carbocycles. The molecule has 0 radical (unpaired) electrons. The lowest BCUT2D eigenvalue weighted by atomic mass is 10.3. The summed E-state index contributed by atoms with van der Waals surface area (Å²) in [5, 5.41) is 9.88. The third-order valence-corrected chi connectivity index (χ3v) is 3.14. The third-order valence-electron chi connectivity index (χ3n) is 2.59. The van der Waals surface area contributed by atoms with Crippen molar-refractivity contribution in [2.75, 3.05) is 46.6 Å². The van der Waals surface area contributed by atoms with Crippen LogP contribution in [-0.4, -0.2) is 51.7 Å². The smallest absolute Gasteiger partial charge is 0.139 e. The number of likely N-dealkylation sites (N-methyl/N-ethyl adjacent to an activating group) is 1. The summed E-state index contributed by atoms with van der Waals surface area (Å²) in [5.41, 5.74) is 0. The van der Waals surface area contributed by atoms with Crippen molar-refractivity contribution in [2.45, 2.75) is 0 Å². The van der Waals surface area contributed by atoms with E-state index in [1.165, 1.54) is 4.90 Å². The summed E-state index contributed by atoms with van der Waals surface area (Å²) in [4.78, 5) is 1.24. The summed E-state index contributed by atoms with van der Waals surface area (Å²) in [6.45, 7) is 3.35. The highest BCUT2D eigenvalue weighted by molar-refractivity contribution is 6.34. The van der Waals surface area contributed by atoms with Crippen LogP contribution in [-0.2, 0) is 4.74 Å². The average molecular weight is 309 g/mol. The van der Waals surface area contributed by atoms with Crippen molar-refractivity contribution >= 4 is 23.2 Å². The molecule has 0 aliphatic heterocycles. The van der Waals surface area contributed by atoms with Crippen molar-refractivity contribution in [3.8, 4) is 5.75 Å². The van der Waals surface area contributed by atoms with E-state index in [0.717, 1.165) is 13.1 Å². The predicted molar refractivity (Wildman–Crippen MR) is 76.5 cm³/mol. The first-order chi connectivity index (χ1) is 9.13. The zero-order valence-electron chi connectivity index (χ0n) is 11.0. The molecule has 1 aromatic rings. The van der Waals surface area contributed by atoms with E-state index < -0.39 is 0 Å². The second-order valence-corrected chi connectivity index (χ2v) is 5.06. The van der Waals surface area contributed by atoms with Crippen molar-refractivity contribution in [1.29, 1.82) is 0 Å². The minimum Gasteiger partial charge on any atom is -0.490 e. The lowest BCUT2D eigenvalue weighted by molar-refractivity contribution is -0.880. The van der Waals surface area contributed by atoms with Gasteiger partial charge in [-0.3, -0.25) is 0 Å². The van der Waals surface area contributed by atoms with Crippen LogP contribution in [0.1, 0.15) is 0 Å². The van der Waals surface area contributed by atoms with Crippen LogP contribution < -0.4 is 9.64 Å². The van der Waals surface area contributed by atoms with Gasteiger partial charge in [0.05, 0.1) is 31.9 Å². The van der Waals surface area contributed by atoms with E-state index >= 15 is 0 Å². The van der Waals surface area contributed by atoms with Gasteiger partial charge in [0.2, 0.25) is 0 Å². The van der Waals surface area contributed by atoms with Crippen LogP contribution in [0.2, 0.25) is 10.0 Å². The number of benzene rings is 1. The van der Waals surface area contributed by atoms with Crippen LogP contribution in [0.4, 0.5) is 0 Å². The molecule has 0 aromatic heterocycles. The van der Waals surface area contributed by atoms with Crippen molar-refractivity contribution < 1.29 is 19.5 Å². The first kappa shape index (κ1) is 16.5. The second kappa shape index (κ2) is 9.39. The Hall–Kier alpha value is -0.520. The van der Waals surface area contributed by atoms with Gasteiger partial charge in [0.25, 0.3) is 0 Å². The summed E-state index contributed by atoms with van der Waals surface area (Å²) < 4.78 is 10.9. The molecule has 1 aromatic carbocycles. The molecule has 108 valence electrons. The van der Waals surface area contributed by atoms with E-state index in [1.54, 1.807) is 18.2 Å². The number of ether oxygens (including phenoxy) is 2. The van der Waals surface area contributed by atoms with E-state index in [0.29, 0.717) is 35.6 Å². The van der Waals surface area contributed by atoms with E-state index in [-0.39, 0.29) is 6.61 Å². The van der Waals surface area contributed by atoms with Gasteiger partial charge in [0, 0.05) is 11.1 Å². The molecular weight excluding hydrogens is 289 g/mol. The Morgan fingerprint density at radius 1 is 1.16 bits per heavy atom.